The highest BCUT2D eigenvalue weighted by atomic mass is 79.9. The van der Waals surface area contributed by atoms with E-state index in [0.29, 0.717) is 18.7 Å². The van der Waals surface area contributed by atoms with Gasteiger partial charge in [0.15, 0.2) is 0 Å². The molecule has 5 nitrogen and oxygen atoms in total. The van der Waals surface area contributed by atoms with Crippen LogP contribution in [0, 0.1) is 5.92 Å². The van der Waals surface area contributed by atoms with Crippen molar-refractivity contribution in [2.45, 2.75) is 65.1 Å². The molecule has 0 atom stereocenters. The van der Waals surface area contributed by atoms with Crippen molar-refractivity contribution >= 4 is 27.7 Å². The summed E-state index contributed by atoms with van der Waals surface area (Å²) in [6, 6.07) is 22.0. The smallest absolute Gasteiger partial charge is 0.254 e. The van der Waals surface area contributed by atoms with E-state index in [9.17, 15) is 9.59 Å². The number of carbonyl (C=O) groups excluding carboxylic acids is 2. The lowest BCUT2D eigenvalue weighted by Gasteiger charge is -2.36. The van der Waals surface area contributed by atoms with E-state index in [2.05, 4.69) is 81.8 Å². The van der Waals surface area contributed by atoms with E-state index in [1.54, 1.807) is 4.90 Å². The van der Waals surface area contributed by atoms with Gasteiger partial charge in [-0.3, -0.25) is 9.59 Å². The third-order valence-electron chi connectivity index (χ3n) is 7.08. The highest BCUT2D eigenvalue weighted by Crippen LogP contribution is 2.25. The number of rotatable bonds is 10. The molecule has 37 heavy (non-hydrogen) atoms. The van der Waals surface area contributed by atoms with Gasteiger partial charge >= 0.3 is 0 Å². The first-order chi connectivity index (χ1) is 17.9. The van der Waals surface area contributed by atoms with E-state index in [4.69, 9.17) is 0 Å². The van der Waals surface area contributed by atoms with Gasteiger partial charge in [0.2, 0.25) is 5.91 Å². The first-order valence-corrected chi connectivity index (χ1v) is 14.2. The molecule has 3 aromatic rings. The number of halogens is 1. The summed E-state index contributed by atoms with van der Waals surface area (Å²) < 4.78 is 3.29. The van der Waals surface area contributed by atoms with Crippen LogP contribution in [0.2, 0.25) is 0 Å². The van der Waals surface area contributed by atoms with E-state index in [0.717, 1.165) is 42.4 Å². The molecule has 1 aromatic heterocycles. The van der Waals surface area contributed by atoms with Gasteiger partial charge in [0, 0.05) is 41.1 Å². The molecule has 196 valence electrons. The van der Waals surface area contributed by atoms with Gasteiger partial charge in [-0.1, -0.05) is 79.4 Å². The van der Waals surface area contributed by atoms with Crippen LogP contribution in [0.5, 0.6) is 0 Å². The van der Waals surface area contributed by atoms with Crippen LogP contribution in [0.15, 0.2) is 77.4 Å². The summed E-state index contributed by atoms with van der Waals surface area (Å²) in [7, 11) is 0. The van der Waals surface area contributed by atoms with Crippen LogP contribution in [0.1, 0.15) is 67.6 Å². The monoisotopic (exact) mass is 563 g/mol. The minimum absolute atomic E-state index is 0.0354. The van der Waals surface area contributed by atoms with Gasteiger partial charge < -0.3 is 14.4 Å². The van der Waals surface area contributed by atoms with Crippen molar-refractivity contribution in [1.82, 2.24) is 14.4 Å². The lowest BCUT2D eigenvalue weighted by atomic mass is 9.94. The normalized spacial score (nSPS) is 14.1. The second kappa shape index (κ2) is 13.1. The van der Waals surface area contributed by atoms with Gasteiger partial charge in [-0.2, -0.15) is 0 Å². The Morgan fingerprint density at radius 3 is 2.32 bits per heavy atom. The highest BCUT2D eigenvalue weighted by molar-refractivity contribution is 9.10. The Morgan fingerprint density at radius 1 is 0.946 bits per heavy atom. The number of benzene rings is 2. The summed E-state index contributed by atoms with van der Waals surface area (Å²) in [4.78, 5) is 31.1. The zero-order chi connectivity index (χ0) is 26.2. The van der Waals surface area contributed by atoms with E-state index in [1.165, 1.54) is 12.0 Å². The zero-order valence-electron chi connectivity index (χ0n) is 22.0. The zero-order valence-corrected chi connectivity index (χ0v) is 23.6. The fourth-order valence-corrected chi connectivity index (χ4v) is 5.46. The molecule has 0 aliphatic heterocycles. The molecule has 1 aliphatic carbocycles. The third-order valence-corrected chi connectivity index (χ3v) is 7.61. The second-order valence-corrected chi connectivity index (χ2v) is 11.4. The van der Waals surface area contributed by atoms with Crippen molar-refractivity contribution in [3.63, 3.8) is 0 Å². The molecule has 1 heterocycles. The number of aromatic nitrogens is 1. The molecule has 2 amide bonds. The SMILES string of the molecule is CC(C)CN(CC(=O)N(Cc1cccn1Cc1ccc(Br)cc1)C1CCCCC1)C(=O)c1ccccc1. The largest absolute Gasteiger partial charge is 0.345 e. The van der Waals surface area contributed by atoms with Gasteiger partial charge in [-0.15, -0.1) is 0 Å². The Hall–Kier alpha value is -2.86. The van der Waals surface area contributed by atoms with Crippen molar-refractivity contribution in [3.8, 4) is 0 Å². The predicted octanol–water partition coefficient (Wildman–Crippen LogP) is 6.76. The van der Waals surface area contributed by atoms with Gasteiger partial charge in [0.05, 0.1) is 6.54 Å². The van der Waals surface area contributed by atoms with Crippen molar-refractivity contribution in [3.05, 3.63) is 94.2 Å². The number of amides is 2. The summed E-state index contributed by atoms with van der Waals surface area (Å²) in [5.74, 6) is 0.227. The van der Waals surface area contributed by atoms with E-state index < -0.39 is 0 Å². The molecule has 0 saturated heterocycles. The summed E-state index contributed by atoms with van der Waals surface area (Å²) >= 11 is 3.51. The average molecular weight is 565 g/mol. The van der Waals surface area contributed by atoms with Crippen LogP contribution in [-0.4, -0.2) is 45.3 Å². The Kier molecular flexibility index (Phi) is 9.62. The average Bonchev–Trinajstić information content (AvgIpc) is 3.35. The minimum Gasteiger partial charge on any atom is -0.345 e. The van der Waals surface area contributed by atoms with Crippen molar-refractivity contribution in [2.75, 3.05) is 13.1 Å². The van der Waals surface area contributed by atoms with E-state index in [1.807, 2.05) is 30.3 Å². The molecule has 0 radical (unpaired) electrons. The quantitative estimate of drug-likeness (QED) is 0.273. The molecular formula is C31H38BrN3O2. The van der Waals surface area contributed by atoms with Crippen LogP contribution < -0.4 is 0 Å². The summed E-state index contributed by atoms with van der Waals surface area (Å²) in [5, 5.41) is 0. The Balaban J connectivity index is 1.54. The molecule has 4 rings (SSSR count). The number of hydrogen-bond donors (Lipinski definition) is 0. The van der Waals surface area contributed by atoms with Crippen LogP contribution in [0.3, 0.4) is 0 Å². The second-order valence-electron chi connectivity index (χ2n) is 10.5. The molecule has 0 bridgehead atoms. The number of hydrogen-bond acceptors (Lipinski definition) is 2. The standard InChI is InChI=1S/C31H38BrN3O2/c1-24(2)20-34(31(37)26-10-5-3-6-11-26)23-30(36)35(28-12-7-4-8-13-28)22-29-14-9-19-33(29)21-25-15-17-27(32)18-16-25/h3,5-6,9-11,14-19,24,28H,4,7-8,12-13,20-23H2,1-2H3. The molecule has 1 aliphatic rings. The van der Waals surface area contributed by atoms with Gasteiger partial charge in [-0.25, -0.2) is 0 Å². The highest BCUT2D eigenvalue weighted by Gasteiger charge is 2.29. The lowest BCUT2D eigenvalue weighted by Crippen LogP contribution is -2.48. The number of nitrogens with zero attached hydrogens (tertiary/aromatic N) is 3. The molecule has 0 spiro atoms. The first-order valence-electron chi connectivity index (χ1n) is 13.4. The fraction of sp³-hybridized carbons (Fsp3) is 0.419. The molecule has 1 fully saturated rings. The third kappa shape index (κ3) is 7.57. The van der Waals surface area contributed by atoms with Crippen molar-refractivity contribution in [2.24, 2.45) is 5.92 Å². The topological polar surface area (TPSA) is 45.6 Å². The summed E-state index contributed by atoms with van der Waals surface area (Å²) in [6.45, 7) is 6.15. The molecule has 0 N–H and O–H groups in total. The van der Waals surface area contributed by atoms with Crippen LogP contribution in [-0.2, 0) is 17.9 Å². The van der Waals surface area contributed by atoms with Gasteiger partial charge in [-0.05, 0) is 60.7 Å². The summed E-state index contributed by atoms with van der Waals surface area (Å²) in [5.41, 5.74) is 2.96. The maximum atomic E-state index is 13.9. The molecular weight excluding hydrogens is 526 g/mol. The van der Waals surface area contributed by atoms with Crippen LogP contribution in [0.25, 0.3) is 0 Å². The minimum atomic E-state index is -0.0788. The Bertz CT molecular complexity index is 1150. The molecule has 0 unspecified atom stereocenters. The molecule has 2 aromatic carbocycles. The van der Waals surface area contributed by atoms with Gasteiger partial charge in [0.25, 0.3) is 5.91 Å². The Labute approximate surface area is 229 Å². The maximum absolute atomic E-state index is 13.9. The lowest BCUT2D eigenvalue weighted by molar-refractivity contribution is -0.135. The molecule has 6 heteroatoms. The predicted molar refractivity (Wildman–Crippen MR) is 152 cm³/mol. The molecule has 1 saturated carbocycles. The number of carbonyl (C=O) groups is 2. The van der Waals surface area contributed by atoms with Gasteiger partial charge in [0.1, 0.15) is 6.54 Å². The van der Waals surface area contributed by atoms with Crippen LogP contribution in [0.4, 0.5) is 0 Å². The van der Waals surface area contributed by atoms with Crippen molar-refractivity contribution in [1.29, 1.82) is 0 Å². The van der Waals surface area contributed by atoms with Crippen LogP contribution >= 0.6 is 15.9 Å². The van der Waals surface area contributed by atoms with Crippen molar-refractivity contribution < 1.29 is 9.59 Å². The maximum Gasteiger partial charge on any atom is 0.254 e. The Morgan fingerprint density at radius 2 is 1.65 bits per heavy atom. The summed E-state index contributed by atoms with van der Waals surface area (Å²) in [6.07, 6.45) is 7.65. The fourth-order valence-electron chi connectivity index (χ4n) is 5.20. The van der Waals surface area contributed by atoms with E-state index >= 15 is 0 Å². The first kappa shape index (κ1) is 27.2. The van der Waals surface area contributed by atoms with E-state index in [-0.39, 0.29) is 30.3 Å².